The smallest absolute Gasteiger partial charge is 0.237 e. The monoisotopic (exact) mass is 401 g/mol. The van der Waals surface area contributed by atoms with E-state index >= 15 is 0 Å². The number of carbonyl (C=O) groups is 2. The molecule has 0 aromatic heterocycles. The summed E-state index contributed by atoms with van der Waals surface area (Å²) in [4.78, 5) is 30.4. The zero-order valence-corrected chi connectivity index (χ0v) is 17.0. The number of fused-ring (bicyclic) bond motifs is 1. The molecule has 0 unspecified atom stereocenters. The molecular weight excluding hydrogens is 370 g/mol. The third-order valence-corrected chi connectivity index (χ3v) is 6.72. The number of nitrogens with zero attached hydrogens (tertiary/aromatic N) is 2. The van der Waals surface area contributed by atoms with Gasteiger partial charge in [0.15, 0.2) is 0 Å². The molecule has 0 bridgehead atoms. The molecule has 1 aromatic rings. The average Bonchev–Trinajstić information content (AvgIpc) is 3.40. The maximum atomic E-state index is 13.2. The SMILES string of the molecule is COc1ccc([C@@H]2[C@H](C(=O)NCCO)C[C@@H]3CN(C4CCCC4)CC(=O)N32)cc1. The van der Waals surface area contributed by atoms with E-state index in [-0.39, 0.29) is 43.0 Å². The molecule has 2 saturated heterocycles. The number of methoxy groups -OCH3 is 1. The van der Waals surface area contributed by atoms with Crippen LogP contribution in [0.4, 0.5) is 0 Å². The summed E-state index contributed by atoms with van der Waals surface area (Å²) in [5, 5.41) is 11.9. The first-order valence-electron chi connectivity index (χ1n) is 10.7. The van der Waals surface area contributed by atoms with E-state index < -0.39 is 0 Å². The predicted molar refractivity (Wildman–Crippen MR) is 108 cm³/mol. The van der Waals surface area contributed by atoms with E-state index in [1.54, 1.807) is 7.11 Å². The lowest BCUT2D eigenvalue weighted by atomic mass is 9.92. The standard InChI is InChI=1S/C22H31N3O4/c1-29-18-8-6-15(7-9-18)21-19(22(28)23-10-11-26)12-17-13-24(14-20(27)25(17)21)16-4-2-3-5-16/h6-9,16-17,19,21,26H,2-5,10-14H2,1H3,(H,23,28)/t17-,19-,21-/m1/s1. The Morgan fingerprint density at radius 3 is 2.59 bits per heavy atom. The van der Waals surface area contributed by atoms with Crippen molar-refractivity contribution in [2.24, 2.45) is 5.92 Å². The Morgan fingerprint density at radius 1 is 1.21 bits per heavy atom. The van der Waals surface area contributed by atoms with E-state index in [0.717, 1.165) is 17.9 Å². The molecule has 2 aliphatic heterocycles. The van der Waals surface area contributed by atoms with E-state index in [9.17, 15) is 9.59 Å². The second-order valence-electron chi connectivity index (χ2n) is 8.40. The Morgan fingerprint density at radius 2 is 1.93 bits per heavy atom. The number of hydrogen-bond donors (Lipinski definition) is 2. The molecule has 1 aliphatic carbocycles. The van der Waals surface area contributed by atoms with Crippen LogP contribution < -0.4 is 10.1 Å². The molecule has 1 aromatic carbocycles. The Bertz CT molecular complexity index is 732. The van der Waals surface area contributed by atoms with Crippen LogP contribution in [-0.2, 0) is 9.59 Å². The zero-order chi connectivity index (χ0) is 20.4. The number of carbonyl (C=O) groups excluding carboxylic acids is 2. The number of nitrogens with one attached hydrogen (secondary N) is 1. The summed E-state index contributed by atoms with van der Waals surface area (Å²) >= 11 is 0. The summed E-state index contributed by atoms with van der Waals surface area (Å²) in [6, 6.07) is 7.94. The highest BCUT2D eigenvalue weighted by molar-refractivity contribution is 5.85. The normalized spacial score (nSPS) is 27.9. The third kappa shape index (κ3) is 3.98. The minimum Gasteiger partial charge on any atom is -0.497 e. The maximum Gasteiger partial charge on any atom is 0.237 e. The van der Waals surface area contributed by atoms with Gasteiger partial charge in [0.25, 0.3) is 0 Å². The summed E-state index contributed by atoms with van der Waals surface area (Å²) in [5.74, 6) is 0.468. The highest BCUT2D eigenvalue weighted by Gasteiger charge is 2.50. The molecule has 2 N–H and O–H groups in total. The van der Waals surface area contributed by atoms with Crippen LogP contribution in [0.2, 0.25) is 0 Å². The van der Waals surface area contributed by atoms with Gasteiger partial charge in [0.1, 0.15) is 5.75 Å². The number of amides is 2. The fourth-order valence-corrected chi connectivity index (χ4v) is 5.37. The molecule has 0 spiro atoms. The average molecular weight is 402 g/mol. The third-order valence-electron chi connectivity index (χ3n) is 6.72. The summed E-state index contributed by atoms with van der Waals surface area (Å²) in [5.41, 5.74) is 0.958. The van der Waals surface area contributed by atoms with Crippen LogP contribution in [-0.4, -0.2) is 72.2 Å². The minimum absolute atomic E-state index is 0.0498. The van der Waals surface area contributed by atoms with Crippen molar-refractivity contribution < 1.29 is 19.4 Å². The fourth-order valence-electron chi connectivity index (χ4n) is 5.37. The van der Waals surface area contributed by atoms with E-state index in [4.69, 9.17) is 9.84 Å². The quantitative estimate of drug-likeness (QED) is 0.751. The molecule has 0 radical (unpaired) electrons. The van der Waals surface area contributed by atoms with E-state index in [1.807, 2.05) is 29.2 Å². The van der Waals surface area contributed by atoms with Crippen molar-refractivity contribution in [3.8, 4) is 5.75 Å². The van der Waals surface area contributed by atoms with Crippen LogP contribution in [0.15, 0.2) is 24.3 Å². The molecule has 3 fully saturated rings. The van der Waals surface area contributed by atoms with Crippen LogP contribution in [0.5, 0.6) is 5.75 Å². The lowest BCUT2D eigenvalue weighted by Gasteiger charge is -2.42. The molecule has 3 aliphatic rings. The second kappa shape index (κ2) is 8.71. The fraction of sp³-hybridized carbons (Fsp3) is 0.636. The zero-order valence-electron chi connectivity index (χ0n) is 17.0. The molecule has 7 heteroatoms. The molecule has 7 nitrogen and oxygen atoms in total. The minimum atomic E-state index is -0.313. The van der Waals surface area contributed by atoms with Gasteiger partial charge in [0, 0.05) is 25.2 Å². The maximum absolute atomic E-state index is 13.2. The summed E-state index contributed by atoms with van der Waals surface area (Å²) in [7, 11) is 1.62. The molecule has 158 valence electrons. The van der Waals surface area contributed by atoms with Gasteiger partial charge in [0.05, 0.1) is 32.2 Å². The lowest BCUT2D eigenvalue weighted by Crippen LogP contribution is -2.56. The topological polar surface area (TPSA) is 82.1 Å². The Balaban J connectivity index is 1.60. The van der Waals surface area contributed by atoms with Crippen molar-refractivity contribution in [1.29, 1.82) is 0 Å². The molecule has 1 saturated carbocycles. The number of rotatable bonds is 6. The van der Waals surface area contributed by atoms with E-state index in [2.05, 4.69) is 10.2 Å². The van der Waals surface area contributed by atoms with Gasteiger partial charge in [0.2, 0.25) is 11.8 Å². The summed E-state index contributed by atoms with van der Waals surface area (Å²) in [6.07, 6.45) is 5.47. The van der Waals surface area contributed by atoms with Crippen LogP contribution in [0, 0.1) is 5.92 Å². The lowest BCUT2D eigenvalue weighted by molar-refractivity contribution is -0.142. The number of piperazine rings is 1. The number of ether oxygens (including phenoxy) is 1. The molecule has 2 amide bonds. The largest absolute Gasteiger partial charge is 0.497 e. The van der Waals surface area contributed by atoms with Crippen LogP contribution in [0.25, 0.3) is 0 Å². The Hall–Kier alpha value is -2.12. The van der Waals surface area contributed by atoms with Gasteiger partial charge in [-0.25, -0.2) is 0 Å². The van der Waals surface area contributed by atoms with Crippen molar-refractivity contribution in [3.63, 3.8) is 0 Å². The summed E-state index contributed by atoms with van der Waals surface area (Å²) in [6.45, 7) is 1.43. The van der Waals surface area contributed by atoms with Gasteiger partial charge in [-0.05, 0) is 37.0 Å². The van der Waals surface area contributed by atoms with E-state index in [1.165, 1.54) is 25.7 Å². The first kappa shape index (κ1) is 20.2. The molecular formula is C22H31N3O4. The van der Waals surface area contributed by atoms with Crippen molar-refractivity contribution in [2.75, 3.05) is 33.4 Å². The van der Waals surface area contributed by atoms with Gasteiger partial charge in [-0.3, -0.25) is 14.5 Å². The van der Waals surface area contributed by atoms with E-state index in [0.29, 0.717) is 19.0 Å². The number of hydrogen-bond acceptors (Lipinski definition) is 5. The van der Waals surface area contributed by atoms with Crippen molar-refractivity contribution in [3.05, 3.63) is 29.8 Å². The number of benzene rings is 1. The summed E-state index contributed by atoms with van der Waals surface area (Å²) < 4.78 is 5.26. The van der Waals surface area contributed by atoms with Crippen LogP contribution in [0.3, 0.4) is 0 Å². The first-order chi connectivity index (χ1) is 14.1. The predicted octanol–water partition coefficient (Wildman–Crippen LogP) is 1.32. The van der Waals surface area contributed by atoms with Gasteiger partial charge in [-0.2, -0.15) is 0 Å². The van der Waals surface area contributed by atoms with Crippen molar-refractivity contribution in [2.45, 2.75) is 50.2 Å². The Kier molecular flexibility index (Phi) is 6.06. The van der Waals surface area contributed by atoms with Crippen LogP contribution >= 0.6 is 0 Å². The first-order valence-corrected chi connectivity index (χ1v) is 10.7. The van der Waals surface area contributed by atoms with Gasteiger partial charge >= 0.3 is 0 Å². The molecule has 29 heavy (non-hydrogen) atoms. The van der Waals surface area contributed by atoms with Crippen molar-refractivity contribution >= 4 is 11.8 Å². The van der Waals surface area contributed by atoms with Crippen molar-refractivity contribution in [1.82, 2.24) is 15.1 Å². The highest BCUT2D eigenvalue weighted by atomic mass is 16.5. The number of aliphatic hydroxyl groups excluding tert-OH is 1. The molecule has 2 heterocycles. The second-order valence-corrected chi connectivity index (χ2v) is 8.40. The van der Waals surface area contributed by atoms with Gasteiger partial charge in [-0.15, -0.1) is 0 Å². The highest BCUT2D eigenvalue weighted by Crippen LogP contribution is 2.44. The van der Waals surface area contributed by atoms with Gasteiger partial charge < -0.3 is 20.1 Å². The van der Waals surface area contributed by atoms with Gasteiger partial charge in [-0.1, -0.05) is 25.0 Å². The van der Waals surface area contributed by atoms with Crippen LogP contribution in [0.1, 0.15) is 43.7 Å². The Labute approximate surface area is 172 Å². The number of aliphatic hydroxyl groups is 1. The molecule has 4 rings (SSSR count). The molecule has 3 atom stereocenters.